The third-order valence-corrected chi connectivity index (χ3v) is 6.66. The highest BCUT2D eigenvalue weighted by molar-refractivity contribution is 8.27. The predicted octanol–water partition coefficient (Wildman–Crippen LogP) is 5.74. The van der Waals surface area contributed by atoms with Crippen LogP contribution in [-0.2, 0) is 9.59 Å². The molecule has 0 radical (unpaired) electrons. The van der Waals surface area contributed by atoms with Crippen LogP contribution in [0.1, 0.15) is 16.7 Å². The molecule has 1 N–H and O–H groups in total. The van der Waals surface area contributed by atoms with Crippen molar-refractivity contribution in [2.75, 3.05) is 23.9 Å². The second-order valence-electron chi connectivity index (χ2n) is 7.91. The minimum atomic E-state index is -0.265. The molecule has 8 heteroatoms. The van der Waals surface area contributed by atoms with Crippen molar-refractivity contribution in [3.05, 3.63) is 88.3 Å². The van der Waals surface area contributed by atoms with Crippen molar-refractivity contribution in [1.29, 1.82) is 0 Å². The number of amides is 2. The number of nitrogens with one attached hydrogen (secondary N) is 1. The standard InChI is InChI=1S/C27H24N2O4S2/c1-17-8-9-18(2)22(14-17)28-25(30)16-33-23-7-5-4-6-19(23)15-24-26(31)29(27(34)35-24)20-10-12-21(32-3)13-11-20/h4-15H,16H2,1-3H3,(H,28,30)/b24-15-. The second-order valence-corrected chi connectivity index (χ2v) is 9.58. The van der Waals surface area contributed by atoms with Crippen LogP contribution in [-0.4, -0.2) is 29.9 Å². The summed E-state index contributed by atoms with van der Waals surface area (Å²) in [5, 5.41) is 2.89. The summed E-state index contributed by atoms with van der Waals surface area (Å²) in [6.45, 7) is 3.75. The van der Waals surface area contributed by atoms with Gasteiger partial charge in [-0.05, 0) is 67.4 Å². The lowest BCUT2D eigenvalue weighted by atomic mass is 10.1. The fraction of sp³-hybridized carbons (Fsp3) is 0.148. The molecule has 1 aliphatic rings. The van der Waals surface area contributed by atoms with Crippen LogP contribution in [0.15, 0.2) is 71.6 Å². The van der Waals surface area contributed by atoms with E-state index < -0.39 is 0 Å². The summed E-state index contributed by atoms with van der Waals surface area (Å²) in [6.07, 6.45) is 1.74. The Morgan fingerprint density at radius 3 is 2.57 bits per heavy atom. The molecule has 3 aromatic rings. The zero-order valence-corrected chi connectivity index (χ0v) is 21.2. The molecule has 0 aliphatic carbocycles. The first kappa shape index (κ1) is 24.5. The van der Waals surface area contributed by atoms with Gasteiger partial charge in [0.05, 0.1) is 17.7 Å². The SMILES string of the molecule is COc1ccc(N2C(=O)/C(=C/c3ccccc3OCC(=O)Nc3cc(C)ccc3C)SC2=S)cc1. The summed E-state index contributed by atoms with van der Waals surface area (Å²) >= 11 is 6.69. The minimum Gasteiger partial charge on any atom is -0.497 e. The quantitative estimate of drug-likeness (QED) is 0.327. The molecule has 1 heterocycles. The Morgan fingerprint density at radius 1 is 1.09 bits per heavy atom. The molecule has 4 rings (SSSR count). The van der Waals surface area contributed by atoms with Crippen molar-refractivity contribution in [3.63, 3.8) is 0 Å². The Morgan fingerprint density at radius 2 is 1.83 bits per heavy atom. The molecule has 6 nitrogen and oxygen atoms in total. The van der Waals surface area contributed by atoms with Crippen molar-refractivity contribution >= 4 is 57.6 Å². The maximum atomic E-state index is 13.1. The molecule has 35 heavy (non-hydrogen) atoms. The molecule has 0 bridgehead atoms. The highest BCUT2D eigenvalue weighted by Crippen LogP contribution is 2.37. The van der Waals surface area contributed by atoms with Gasteiger partial charge in [0.2, 0.25) is 0 Å². The van der Waals surface area contributed by atoms with E-state index >= 15 is 0 Å². The fourth-order valence-corrected chi connectivity index (χ4v) is 4.78. The van der Waals surface area contributed by atoms with Crippen molar-refractivity contribution < 1.29 is 19.1 Å². The Kier molecular flexibility index (Phi) is 7.53. The monoisotopic (exact) mass is 504 g/mol. The maximum Gasteiger partial charge on any atom is 0.270 e. The van der Waals surface area contributed by atoms with Crippen LogP contribution in [0, 0.1) is 13.8 Å². The van der Waals surface area contributed by atoms with E-state index in [-0.39, 0.29) is 18.4 Å². The summed E-state index contributed by atoms with van der Waals surface area (Å²) < 4.78 is 11.4. The zero-order chi connectivity index (χ0) is 24.9. The summed E-state index contributed by atoms with van der Waals surface area (Å²) in [6, 6.07) is 20.3. The van der Waals surface area contributed by atoms with Crippen LogP contribution in [0.5, 0.6) is 11.5 Å². The Bertz CT molecular complexity index is 1320. The van der Waals surface area contributed by atoms with E-state index in [0.29, 0.717) is 32.0 Å². The molecule has 1 aliphatic heterocycles. The Balaban J connectivity index is 1.48. The average Bonchev–Trinajstić information content (AvgIpc) is 3.13. The van der Waals surface area contributed by atoms with Crippen molar-refractivity contribution in [3.8, 4) is 11.5 Å². The normalized spacial score (nSPS) is 14.4. The molecule has 178 valence electrons. The average molecular weight is 505 g/mol. The van der Waals surface area contributed by atoms with E-state index in [0.717, 1.165) is 16.8 Å². The van der Waals surface area contributed by atoms with Gasteiger partial charge in [-0.3, -0.25) is 14.5 Å². The van der Waals surface area contributed by atoms with Crippen LogP contribution >= 0.6 is 24.0 Å². The summed E-state index contributed by atoms with van der Waals surface area (Å²) in [5.74, 6) is 0.715. The van der Waals surface area contributed by atoms with E-state index in [1.54, 1.807) is 43.5 Å². The predicted molar refractivity (Wildman–Crippen MR) is 145 cm³/mol. The van der Waals surface area contributed by atoms with Crippen LogP contribution in [0.4, 0.5) is 11.4 Å². The third-order valence-electron chi connectivity index (χ3n) is 5.36. The highest BCUT2D eigenvalue weighted by atomic mass is 32.2. The van der Waals surface area contributed by atoms with Crippen molar-refractivity contribution in [1.82, 2.24) is 0 Å². The molecular formula is C27H24N2O4S2. The van der Waals surface area contributed by atoms with Gasteiger partial charge < -0.3 is 14.8 Å². The van der Waals surface area contributed by atoms with Gasteiger partial charge in [0.25, 0.3) is 11.8 Å². The topological polar surface area (TPSA) is 67.9 Å². The number of anilines is 2. The van der Waals surface area contributed by atoms with Crippen LogP contribution in [0.25, 0.3) is 6.08 Å². The molecule has 0 saturated carbocycles. The van der Waals surface area contributed by atoms with Crippen molar-refractivity contribution in [2.24, 2.45) is 0 Å². The zero-order valence-electron chi connectivity index (χ0n) is 19.5. The molecule has 1 saturated heterocycles. The summed E-state index contributed by atoms with van der Waals surface area (Å²) in [5.41, 5.74) is 4.15. The maximum absolute atomic E-state index is 13.1. The van der Waals surface area contributed by atoms with Crippen LogP contribution < -0.4 is 19.7 Å². The number of thioether (sulfide) groups is 1. The number of benzene rings is 3. The first-order chi connectivity index (χ1) is 16.9. The van der Waals surface area contributed by atoms with Gasteiger partial charge in [-0.15, -0.1) is 0 Å². The number of para-hydroxylation sites is 1. The smallest absolute Gasteiger partial charge is 0.270 e. The number of ether oxygens (including phenoxy) is 2. The minimum absolute atomic E-state index is 0.162. The fourth-order valence-electron chi connectivity index (χ4n) is 3.49. The van der Waals surface area contributed by atoms with E-state index in [9.17, 15) is 9.59 Å². The van der Waals surface area contributed by atoms with Gasteiger partial charge in [0, 0.05) is 11.3 Å². The molecule has 2 amide bonds. The van der Waals surface area contributed by atoms with Crippen LogP contribution in [0.2, 0.25) is 0 Å². The molecule has 1 fully saturated rings. The number of carbonyl (C=O) groups excluding carboxylic acids is 2. The number of hydrogen-bond donors (Lipinski definition) is 1. The number of carbonyl (C=O) groups is 2. The Labute approximate surface area is 213 Å². The lowest BCUT2D eigenvalue weighted by molar-refractivity contribution is -0.118. The number of hydrogen-bond acceptors (Lipinski definition) is 6. The third kappa shape index (κ3) is 5.72. The number of nitrogens with zero attached hydrogens (tertiary/aromatic N) is 1. The van der Waals surface area contributed by atoms with E-state index in [2.05, 4.69) is 5.32 Å². The number of rotatable bonds is 7. The van der Waals surface area contributed by atoms with Gasteiger partial charge in [0.15, 0.2) is 10.9 Å². The molecular weight excluding hydrogens is 480 g/mol. The number of methoxy groups -OCH3 is 1. The molecule has 0 aromatic heterocycles. The first-order valence-corrected chi connectivity index (χ1v) is 12.1. The molecule has 0 atom stereocenters. The van der Waals surface area contributed by atoms with Crippen molar-refractivity contribution in [2.45, 2.75) is 13.8 Å². The lowest BCUT2D eigenvalue weighted by Gasteiger charge is -2.14. The number of aryl methyl sites for hydroxylation is 2. The van der Waals surface area contributed by atoms with Gasteiger partial charge in [-0.1, -0.05) is 54.3 Å². The second kappa shape index (κ2) is 10.8. The van der Waals surface area contributed by atoms with E-state index in [4.69, 9.17) is 21.7 Å². The summed E-state index contributed by atoms with van der Waals surface area (Å²) in [7, 11) is 1.59. The van der Waals surface area contributed by atoms with Gasteiger partial charge in [-0.2, -0.15) is 0 Å². The molecule has 0 unspecified atom stereocenters. The van der Waals surface area contributed by atoms with Crippen LogP contribution in [0.3, 0.4) is 0 Å². The van der Waals surface area contributed by atoms with E-state index in [1.165, 1.54) is 16.7 Å². The van der Waals surface area contributed by atoms with E-state index in [1.807, 2.05) is 50.2 Å². The van der Waals surface area contributed by atoms with Gasteiger partial charge in [0.1, 0.15) is 11.5 Å². The van der Waals surface area contributed by atoms with Gasteiger partial charge in [-0.25, -0.2) is 0 Å². The first-order valence-electron chi connectivity index (χ1n) is 10.9. The molecule has 3 aromatic carbocycles. The number of thiocarbonyl (C=S) groups is 1. The molecule has 0 spiro atoms. The lowest BCUT2D eigenvalue weighted by Crippen LogP contribution is -2.27. The Hall–Kier alpha value is -3.62. The summed E-state index contributed by atoms with van der Waals surface area (Å²) in [4.78, 5) is 27.6. The highest BCUT2D eigenvalue weighted by Gasteiger charge is 2.33. The van der Waals surface area contributed by atoms with Gasteiger partial charge >= 0.3 is 0 Å². The largest absolute Gasteiger partial charge is 0.497 e.